The van der Waals surface area contributed by atoms with Crippen molar-refractivity contribution < 1.29 is 4.79 Å². The second-order valence-corrected chi connectivity index (χ2v) is 6.65. The van der Waals surface area contributed by atoms with Crippen molar-refractivity contribution in [2.75, 3.05) is 0 Å². The van der Waals surface area contributed by atoms with Crippen molar-refractivity contribution in [1.82, 2.24) is 0 Å². The molecule has 0 heterocycles. The van der Waals surface area contributed by atoms with Gasteiger partial charge in [0.2, 0.25) is 0 Å². The average Bonchev–Trinajstić information content (AvgIpc) is 2.27. The Balaban J connectivity index is 2.31. The Morgan fingerprint density at radius 1 is 1.39 bits per heavy atom. The van der Waals surface area contributed by atoms with Crippen molar-refractivity contribution in [1.29, 1.82) is 0 Å². The summed E-state index contributed by atoms with van der Waals surface area (Å²) in [6.45, 7) is 6.64. The lowest BCUT2D eigenvalue weighted by atomic mass is 9.62. The van der Waals surface area contributed by atoms with E-state index in [9.17, 15) is 4.79 Å². The SMILES string of the molecule is C[C@H]1CCCC(C)(C)[C@@H]1C(=O)c1cccc(Cl)c1. The van der Waals surface area contributed by atoms with Crippen LogP contribution in [0.25, 0.3) is 0 Å². The van der Waals surface area contributed by atoms with Crippen LogP contribution in [0.5, 0.6) is 0 Å². The molecule has 1 aliphatic carbocycles. The topological polar surface area (TPSA) is 17.1 Å². The Hall–Kier alpha value is -0.820. The third-order valence-corrected chi connectivity index (χ3v) is 4.52. The minimum Gasteiger partial charge on any atom is -0.294 e. The van der Waals surface area contributed by atoms with Gasteiger partial charge in [-0.2, -0.15) is 0 Å². The average molecular weight is 265 g/mol. The van der Waals surface area contributed by atoms with Gasteiger partial charge in [0.15, 0.2) is 5.78 Å². The predicted octanol–water partition coefficient (Wildman–Crippen LogP) is 4.99. The number of hydrogen-bond acceptors (Lipinski definition) is 1. The Morgan fingerprint density at radius 3 is 2.72 bits per heavy atom. The van der Waals surface area contributed by atoms with E-state index in [2.05, 4.69) is 20.8 Å². The van der Waals surface area contributed by atoms with E-state index < -0.39 is 0 Å². The standard InChI is InChI=1S/C16H21ClO/c1-11-6-5-9-16(2,3)14(11)15(18)12-7-4-8-13(17)10-12/h4,7-8,10-11,14H,5-6,9H2,1-3H3/t11-,14-/m0/s1. The molecule has 1 aromatic rings. The normalized spacial score (nSPS) is 26.9. The monoisotopic (exact) mass is 264 g/mol. The van der Waals surface area contributed by atoms with Gasteiger partial charge in [-0.1, -0.05) is 50.9 Å². The maximum absolute atomic E-state index is 12.7. The first-order valence-corrected chi connectivity index (χ1v) is 7.09. The quantitative estimate of drug-likeness (QED) is 0.688. The van der Waals surface area contributed by atoms with Gasteiger partial charge in [-0.25, -0.2) is 0 Å². The maximum Gasteiger partial charge on any atom is 0.166 e. The first-order valence-electron chi connectivity index (χ1n) is 6.71. The highest BCUT2D eigenvalue weighted by Crippen LogP contribution is 2.45. The zero-order chi connectivity index (χ0) is 13.3. The van der Waals surface area contributed by atoms with Gasteiger partial charge in [0.05, 0.1) is 0 Å². The molecule has 0 spiro atoms. The van der Waals surface area contributed by atoms with Crippen molar-refractivity contribution >= 4 is 17.4 Å². The predicted molar refractivity (Wildman–Crippen MR) is 76.1 cm³/mol. The van der Waals surface area contributed by atoms with Crippen LogP contribution < -0.4 is 0 Å². The van der Waals surface area contributed by atoms with Crippen molar-refractivity contribution in [2.24, 2.45) is 17.3 Å². The highest BCUT2D eigenvalue weighted by molar-refractivity contribution is 6.31. The van der Waals surface area contributed by atoms with Gasteiger partial charge >= 0.3 is 0 Å². The molecule has 2 heteroatoms. The van der Waals surface area contributed by atoms with Crippen LogP contribution >= 0.6 is 11.6 Å². The largest absolute Gasteiger partial charge is 0.294 e. The molecule has 0 radical (unpaired) electrons. The van der Waals surface area contributed by atoms with Gasteiger partial charge in [0, 0.05) is 16.5 Å². The molecule has 0 saturated heterocycles. The molecular formula is C16H21ClO. The number of benzene rings is 1. The van der Waals surface area contributed by atoms with Gasteiger partial charge in [0.25, 0.3) is 0 Å². The highest BCUT2D eigenvalue weighted by Gasteiger charge is 2.41. The lowest BCUT2D eigenvalue weighted by molar-refractivity contribution is 0.0539. The summed E-state index contributed by atoms with van der Waals surface area (Å²) >= 11 is 5.98. The van der Waals surface area contributed by atoms with E-state index in [1.165, 1.54) is 6.42 Å². The van der Waals surface area contributed by atoms with Crippen LogP contribution in [-0.4, -0.2) is 5.78 Å². The fourth-order valence-corrected chi connectivity index (χ4v) is 3.60. The zero-order valence-electron chi connectivity index (χ0n) is 11.4. The number of rotatable bonds is 2. The summed E-state index contributed by atoms with van der Waals surface area (Å²) in [4.78, 5) is 12.7. The number of carbonyl (C=O) groups excluding carboxylic acids is 1. The maximum atomic E-state index is 12.7. The van der Waals surface area contributed by atoms with Gasteiger partial charge in [0.1, 0.15) is 0 Å². The molecule has 1 nitrogen and oxygen atoms in total. The fraction of sp³-hybridized carbons (Fsp3) is 0.562. The van der Waals surface area contributed by atoms with E-state index >= 15 is 0 Å². The van der Waals surface area contributed by atoms with Crippen molar-refractivity contribution in [3.8, 4) is 0 Å². The van der Waals surface area contributed by atoms with Crippen LogP contribution in [0.2, 0.25) is 5.02 Å². The van der Waals surface area contributed by atoms with Gasteiger partial charge < -0.3 is 0 Å². The van der Waals surface area contributed by atoms with Crippen molar-refractivity contribution in [3.63, 3.8) is 0 Å². The molecular weight excluding hydrogens is 244 g/mol. The molecule has 1 saturated carbocycles. The van der Waals surface area contributed by atoms with E-state index in [1.54, 1.807) is 6.07 Å². The number of halogens is 1. The smallest absolute Gasteiger partial charge is 0.166 e. The van der Waals surface area contributed by atoms with E-state index in [0.29, 0.717) is 10.9 Å². The van der Waals surface area contributed by atoms with Crippen LogP contribution in [0.3, 0.4) is 0 Å². The van der Waals surface area contributed by atoms with Crippen LogP contribution in [0.1, 0.15) is 50.4 Å². The summed E-state index contributed by atoms with van der Waals surface area (Å²) in [7, 11) is 0. The Bertz CT molecular complexity index is 450. The Morgan fingerprint density at radius 2 is 2.11 bits per heavy atom. The van der Waals surface area contributed by atoms with Gasteiger partial charge in [-0.3, -0.25) is 4.79 Å². The van der Waals surface area contributed by atoms with E-state index in [4.69, 9.17) is 11.6 Å². The number of carbonyl (C=O) groups is 1. The van der Waals surface area contributed by atoms with Crippen LogP contribution in [0, 0.1) is 17.3 Å². The second-order valence-electron chi connectivity index (χ2n) is 6.21. The first-order chi connectivity index (χ1) is 8.42. The summed E-state index contributed by atoms with van der Waals surface area (Å²) in [6.07, 6.45) is 3.52. The summed E-state index contributed by atoms with van der Waals surface area (Å²) in [6, 6.07) is 7.34. The molecule has 98 valence electrons. The molecule has 2 rings (SSSR count). The molecule has 0 bridgehead atoms. The lowest BCUT2D eigenvalue weighted by Crippen LogP contribution is -2.39. The molecule has 1 aliphatic rings. The summed E-state index contributed by atoms with van der Waals surface area (Å²) in [5.74, 6) is 0.833. The van der Waals surface area contributed by atoms with E-state index in [-0.39, 0.29) is 17.1 Å². The molecule has 0 aliphatic heterocycles. The van der Waals surface area contributed by atoms with Crippen molar-refractivity contribution in [3.05, 3.63) is 34.9 Å². The van der Waals surface area contributed by atoms with Crippen LogP contribution in [0.15, 0.2) is 24.3 Å². The fourth-order valence-electron chi connectivity index (χ4n) is 3.41. The Labute approximate surface area is 115 Å². The third-order valence-electron chi connectivity index (χ3n) is 4.28. The number of Topliss-reactive ketones (excluding diaryl/α,β-unsaturated/α-hetero) is 1. The molecule has 0 amide bonds. The lowest BCUT2D eigenvalue weighted by Gasteiger charge is -2.42. The van der Waals surface area contributed by atoms with Crippen LogP contribution in [0.4, 0.5) is 0 Å². The first kappa shape index (κ1) is 13.6. The third kappa shape index (κ3) is 2.61. The number of hydrogen-bond donors (Lipinski definition) is 0. The Kier molecular flexibility index (Phi) is 3.82. The minimum absolute atomic E-state index is 0.0943. The highest BCUT2D eigenvalue weighted by atomic mass is 35.5. The summed E-state index contributed by atoms with van der Waals surface area (Å²) in [5.41, 5.74) is 0.853. The second kappa shape index (κ2) is 5.05. The molecule has 0 aromatic heterocycles. The molecule has 1 fully saturated rings. The van der Waals surface area contributed by atoms with Gasteiger partial charge in [-0.15, -0.1) is 0 Å². The molecule has 0 unspecified atom stereocenters. The molecule has 2 atom stereocenters. The molecule has 18 heavy (non-hydrogen) atoms. The molecule has 1 aromatic carbocycles. The number of ketones is 1. The minimum atomic E-state index is 0.0943. The summed E-state index contributed by atoms with van der Waals surface area (Å²) in [5, 5.41) is 0.641. The van der Waals surface area contributed by atoms with E-state index in [1.807, 2.05) is 18.2 Å². The van der Waals surface area contributed by atoms with E-state index in [0.717, 1.165) is 18.4 Å². The van der Waals surface area contributed by atoms with Crippen molar-refractivity contribution in [2.45, 2.75) is 40.0 Å². The zero-order valence-corrected chi connectivity index (χ0v) is 12.1. The van der Waals surface area contributed by atoms with Gasteiger partial charge in [-0.05, 0) is 36.3 Å². The van der Waals surface area contributed by atoms with Crippen LogP contribution in [-0.2, 0) is 0 Å². The molecule has 0 N–H and O–H groups in total. The summed E-state index contributed by atoms with van der Waals surface area (Å²) < 4.78 is 0.